The van der Waals surface area contributed by atoms with Crippen LogP contribution in [-0.4, -0.2) is 47.6 Å². The summed E-state index contributed by atoms with van der Waals surface area (Å²) in [6, 6.07) is 12.8. The smallest absolute Gasteiger partial charge is 0.169 e. The SMILES string of the molecule is S=C(NCCc1ccccc1)N1CCN(Cc2ccsc2)CC1. The van der Waals surface area contributed by atoms with Crippen molar-refractivity contribution in [3.05, 3.63) is 58.3 Å². The molecule has 2 aromatic rings. The molecule has 1 aliphatic rings. The van der Waals surface area contributed by atoms with Gasteiger partial charge in [-0.3, -0.25) is 4.90 Å². The Kier molecular flexibility index (Phi) is 6.02. The molecule has 1 fully saturated rings. The van der Waals surface area contributed by atoms with Crippen molar-refractivity contribution in [3.8, 4) is 0 Å². The van der Waals surface area contributed by atoms with E-state index in [-0.39, 0.29) is 0 Å². The van der Waals surface area contributed by atoms with Crippen molar-refractivity contribution in [2.24, 2.45) is 0 Å². The number of nitrogens with zero attached hydrogens (tertiary/aromatic N) is 2. The lowest BCUT2D eigenvalue weighted by atomic mass is 10.1. The van der Waals surface area contributed by atoms with Gasteiger partial charge in [0, 0.05) is 39.3 Å². The lowest BCUT2D eigenvalue weighted by Crippen LogP contribution is -2.51. The predicted molar refractivity (Wildman–Crippen MR) is 102 cm³/mol. The fourth-order valence-corrected chi connectivity index (χ4v) is 3.76. The van der Waals surface area contributed by atoms with E-state index < -0.39 is 0 Å². The van der Waals surface area contributed by atoms with E-state index in [0.717, 1.165) is 50.8 Å². The topological polar surface area (TPSA) is 18.5 Å². The van der Waals surface area contributed by atoms with Gasteiger partial charge >= 0.3 is 0 Å². The minimum atomic E-state index is 0.899. The number of hydrogen-bond donors (Lipinski definition) is 1. The van der Waals surface area contributed by atoms with Crippen molar-refractivity contribution in [1.82, 2.24) is 15.1 Å². The summed E-state index contributed by atoms with van der Waals surface area (Å²) in [4.78, 5) is 4.80. The molecule has 1 saturated heterocycles. The van der Waals surface area contributed by atoms with E-state index in [9.17, 15) is 0 Å². The summed E-state index contributed by atoms with van der Waals surface area (Å²) in [5.41, 5.74) is 2.77. The first-order valence-electron chi connectivity index (χ1n) is 8.11. The van der Waals surface area contributed by atoms with Crippen LogP contribution in [0.15, 0.2) is 47.2 Å². The molecular weight excluding hydrogens is 322 g/mol. The Morgan fingerprint density at radius 2 is 1.83 bits per heavy atom. The first kappa shape index (κ1) is 16.4. The zero-order valence-electron chi connectivity index (χ0n) is 13.3. The van der Waals surface area contributed by atoms with E-state index in [1.807, 2.05) is 0 Å². The third-order valence-corrected chi connectivity index (χ3v) is 5.31. The Bertz CT molecular complexity index is 590. The maximum absolute atomic E-state index is 5.54. The van der Waals surface area contributed by atoms with E-state index in [1.165, 1.54) is 11.1 Å². The summed E-state index contributed by atoms with van der Waals surface area (Å²) in [6.45, 7) is 6.15. The van der Waals surface area contributed by atoms with Crippen LogP contribution in [0.4, 0.5) is 0 Å². The highest BCUT2D eigenvalue weighted by Crippen LogP contribution is 2.11. The molecule has 0 radical (unpaired) electrons. The Labute approximate surface area is 147 Å². The van der Waals surface area contributed by atoms with Gasteiger partial charge in [0.1, 0.15) is 0 Å². The lowest BCUT2D eigenvalue weighted by molar-refractivity contribution is 0.175. The summed E-state index contributed by atoms with van der Waals surface area (Å²) in [5.74, 6) is 0. The van der Waals surface area contributed by atoms with Crippen LogP contribution in [0.5, 0.6) is 0 Å². The van der Waals surface area contributed by atoms with Gasteiger partial charge in [0.15, 0.2) is 5.11 Å². The van der Waals surface area contributed by atoms with Crippen molar-refractivity contribution >= 4 is 28.7 Å². The molecule has 2 heterocycles. The van der Waals surface area contributed by atoms with Crippen LogP contribution in [0.1, 0.15) is 11.1 Å². The summed E-state index contributed by atoms with van der Waals surface area (Å²) in [7, 11) is 0. The van der Waals surface area contributed by atoms with E-state index in [2.05, 4.69) is 62.3 Å². The van der Waals surface area contributed by atoms with Gasteiger partial charge in [0.2, 0.25) is 0 Å². The minimum Gasteiger partial charge on any atom is -0.362 e. The number of thiocarbonyl (C=S) groups is 1. The molecule has 5 heteroatoms. The Balaban J connectivity index is 1.36. The zero-order valence-corrected chi connectivity index (χ0v) is 14.9. The molecule has 1 aromatic heterocycles. The molecule has 0 unspecified atom stereocenters. The largest absolute Gasteiger partial charge is 0.362 e. The number of benzene rings is 1. The van der Waals surface area contributed by atoms with Gasteiger partial charge in [0.05, 0.1) is 0 Å². The van der Waals surface area contributed by atoms with E-state index in [4.69, 9.17) is 12.2 Å². The predicted octanol–water partition coefficient (Wildman–Crippen LogP) is 2.98. The Morgan fingerprint density at radius 3 is 2.52 bits per heavy atom. The van der Waals surface area contributed by atoms with E-state index in [1.54, 1.807) is 11.3 Å². The van der Waals surface area contributed by atoms with E-state index >= 15 is 0 Å². The molecule has 1 aliphatic heterocycles. The van der Waals surface area contributed by atoms with Crippen LogP contribution in [0, 0.1) is 0 Å². The quantitative estimate of drug-likeness (QED) is 0.840. The molecule has 0 bridgehead atoms. The van der Waals surface area contributed by atoms with Crippen molar-refractivity contribution in [2.75, 3.05) is 32.7 Å². The van der Waals surface area contributed by atoms with Gasteiger partial charge in [-0.15, -0.1) is 0 Å². The fraction of sp³-hybridized carbons (Fsp3) is 0.389. The normalized spacial score (nSPS) is 15.6. The van der Waals surface area contributed by atoms with Crippen LogP contribution in [0.25, 0.3) is 0 Å². The first-order valence-corrected chi connectivity index (χ1v) is 9.46. The molecule has 1 aromatic carbocycles. The lowest BCUT2D eigenvalue weighted by Gasteiger charge is -2.36. The molecule has 3 rings (SSSR count). The zero-order chi connectivity index (χ0) is 15.9. The molecule has 0 saturated carbocycles. The Morgan fingerprint density at radius 1 is 1.04 bits per heavy atom. The molecular formula is C18H23N3S2. The van der Waals surface area contributed by atoms with Crippen molar-refractivity contribution < 1.29 is 0 Å². The highest BCUT2D eigenvalue weighted by molar-refractivity contribution is 7.80. The van der Waals surface area contributed by atoms with Gasteiger partial charge in [-0.2, -0.15) is 11.3 Å². The van der Waals surface area contributed by atoms with Crippen LogP contribution in [-0.2, 0) is 13.0 Å². The van der Waals surface area contributed by atoms with Gasteiger partial charge in [0.25, 0.3) is 0 Å². The van der Waals surface area contributed by atoms with Gasteiger partial charge in [-0.1, -0.05) is 30.3 Å². The number of rotatable bonds is 5. The van der Waals surface area contributed by atoms with Crippen molar-refractivity contribution in [1.29, 1.82) is 0 Å². The summed E-state index contributed by atoms with van der Waals surface area (Å²) in [5, 5.41) is 8.69. The number of piperazine rings is 1. The molecule has 0 spiro atoms. The number of hydrogen-bond acceptors (Lipinski definition) is 3. The maximum Gasteiger partial charge on any atom is 0.169 e. The Hall–Kier alpha value is -1.43. The molecule has 23 heavy (non-hydrogen) atoms. The molecule has 0 aliphatic carbocycles. The standard InChI is InChI=1S/C18H23N3S2/c22-18(19-8-6-16-4-2-1-3-5-16)21-11-9-20(10-12-21)14-17-7-13-23-15-17/h1-5,7,13,15H,6,8-12,14H2,(H,19,22). The van der Waals surface area contributed by atoms with Crippen LogP contribution < -0.4 is 5.32 Å². The second kappa shape index (κ2) is 8.43. The van der Waals surface area contributed by atoms with Crippen LogP contribution in [0.2, 0.25) is 0 Å². The number of thiophene rings is 1. The summed E-state index contributed by atoms with van der Waals surface area (Å²) >= 11 is 7.31. The van der Waals surface area contributed by atoms with Crippen molar-refractivity contribution in [3.63, 3.8) is 0 Å². The number of nitrogens with one attached hydrogen (secondary N) is 1. The second-order valence-electron chi connectivity index (χ2n) is 5.86. The fourth-order valence-electron chi connectivity index (χ4n) is 2.82. The minimum absolute atomic E-state index is 0.899. The second-order valence-corrected chi connectivity index (χ2v) is 7.03. The van der Waals surface area contributed by atoms with Gasteiger partial charge < -0.3 is 10.2 Å². The molecule has 3 nitrogen and oxygen atoms in total. The molecule has 1 N–H and O–H groups in total. The van der Waals surface area contributed by atoms with E-state index in [0.29, 0.717) is 0 Å². The average Bonchev–Trinajstić information content (AvgIpc) is 3.09. The summed E-state index contributed by atoms with van der Waals surface area (Å²) < 4.78 is 0. The van der Waals surface area contributed by atoms with Gasteiger partial charge in [-0.25, -0.2) is 0 Å². The highest BCUT2D eigenvalue weighted by atomic mass is 32.1. The molecule has 0 atom stereocenters. The maximum atomic E-state index is 5.54. The first-order chi connectivity index (χ1) is 11.3. The molecule has 0 amide bonds. The third-order valence-electron chi connectivity index (χ3n) is 4.18. The monoisotopic (exact) mass is 345 g/mol. The van der Waals surface area contributed by atoms with Crippen LogP contribution >= 0.6 is 23.6 Å². The summed E-state index contributed by atoms with van der Waals surface area (Å²) in [6.07, 6.45) is 1.01. The van der Waals surface area contributed by atoms with Crippen LogP contribution in [0.3, 0.4) is 0 Å². The average molecular weight is 346 g/mol. The molecule has 122 valence electrons. The van der Waals surface area contributed by atoms with Crippen molar-refractivity contribution in [2.45, 2.75) is 13.0 Å². The highest BCUT2D eigenvalue weighted by Gasteiger charge is 2.18. The third kappa shape index (κ3) is 5.03. The van der Waals surface area contributed by atoms with Gasteiger partial charge in [-0.05, 0) is 46.6 Å².